The van der Waals surface area contributed by atoms with Gasteiger partial charge in [0.25, 0.3) is 5.91 Å². The first-order valence-electron chi connectivity index (χ1n) is 10.5. The van der Waals surface area contributed by atoms with E-state index in [-0.39, 0.29) is 11.3 Å². The van der Waals surface area contributed by atoms with Crippen LogP contribution in [-0.4, -0.2) is 28.4 Å². The average Bonchev–Trinajstić information content (AvgIpc) is 3.12. The standard InChI is InChI=1S/C23H32N4O2/c1-6-19(15-8-11-17(12-9-15)29-7-2)24-27-22(28)21-18-14-16(23(3,4)5)10-13-20(18)25-26-21/h8-9,11-12,16H,6-7,10,13-14H2,1-5H3,(H,25,26)(H,27,28)/b24-19-/t16-/m0/s1. The molecule has 1 aliphatic carbocycles. The summed E-state index contributed by atoms with van der Waals surface area (Å²) >= 11 is 0. The van der Waals surface area contributed by atoms with Crippen molar-refractivity contribution in [1.82, 2.24) is 15.6 Å². The van der Waals surface area contributed by atoms with Gasteiger partial charge in [0.05, 0.1) is 12.3 Å². The second-order valence-corrected chi connectivity index (χ2v) is 8.65. The monoisotopic (exact) mass is 396 g/mol. The fourth-order valence-corrected chi connectivity index (χ4v) is 3.85. The smallest absolute Gasteiger partial charge is 0.292 e. The number of ether oxygens (including phenoxy) is 1. The summed E-state index contributed by atoms with van der Waals surface area (Å²) in [5, 5.41) is 11.7. The van der Waals surface area contributed by atoms with Gasteiger partial charge < -0.3 is 4.74 Å². The van der Waals surface area contributed by atoms with Crippen molar-refractivity contribution in [3.63, 3.8) is 0 Å². The molecule has 1 aliphatic rings. The van der Waals surface area contributed by atoms with Crippen molar-refractivity contribution < 1.29 is 9.53 Å². The summed E-state index contributed by atoms with van der Waals surface area (Å²) in [6, 6.07) is 7.76. The molecule has 0 spiro atoms. The molecule has 1 heterocycles. The number of H-pyrrole nitrogens is 1. The summed E-state index contributed by atoms with van der Waals surface area (Å²) in [6.07, 6.45) is 3.64. The molecule has 0 unspecified atom stereocenters. The van der Waals surface area contributed by atoms with E-state index in [2.05, 4.69) is 41.5 Å². The SMILES string of the molecule is CCOc1ccc(/C(CC)=N\NC(=O)c2n[nH]c3c2C[C@@H](C(C)(C)C)CC3)cc1. The van der Waals surface area contributed by atoms with Crippen LogP contribution in [0.4, 0.5) is 0 Å². The third-order valence-corrected chi connectivity index (χ3v) is 5.71. The van der Waals surface area contributed by atoms with E-state index in [0.29, 0.717) is 24.6 Å². The first kappa shape index (κ1) is 21.1. The number of aryl methyl sites for hydroxylation is 1. The summed E-state index contributed by atoms with van der Waals surface area (Å²) in [4.78, 5) is 12.8. The highest BCUT2D eigenvalue weighted by atomic mass is 16.5. The van der Waals surface area contributed by atoms with E-state index < -0.39 is 0 Å². The van der Waals surface area contributed by atoms with Gasteiger partial charge in [0.1, 0.15) is 5.75 Å². The molecule has 2 N–H and O–H groups in total. The fraction of sp³-hybridized carbons (Fsp3) is 0.522. The van der Waals surface area contributed by atoms with Gasteiger partial charge in [-0.1, -0.05) is 27.7 Å². The first-order chi connectivity index (χ1) is 13.8. The highest BCUT2D eigenvalue weighted by molar-refractivity contribution is 6.02. The number of carbonyl (C=O) groups is 1. The van der Waals surface area contributed by atoms with Gasteiger partial charge in [-0.2, -0.15) is 10.2 Å². The Hall–Kier alpha value is -2.63. The van der Waals surface area contributed by atoms with E-state index in [1.807, 2.05) is 38.1 Å². The number of rotatable bonds is 6. The molecule has 1 aromatic heterocycles. The predicted molar refractivity (Wildman–Crippen MR) is 115 cm³/mol. The van der Waals surface area contributed by atoms with Crippen molar-refractivity contribution in [2.75, 3.05) is 6.61 Å². The molecule has 0 saturated carbocycles. The molecule has 0 aliphatic heterocycles. The minimum Gasteiger partial charge on any atom is -0.494 e. The molecular weight excluding hydrogens is 364 g/mol. The van der Waals surface area contributed by atoms with Crippen LogP contribution in [0.25, 0.3) is 0 Å². The fourth-order valence-electron chi connectivity index (χ4n) is 3.85. The molecule has 0 fully saturated rings. The Morgan fingerprint density at radius 2 is 2.00 bits per heavy atom. The molecule has 6 nitrogen and oxygen atoms in total. The zero-order valence-electron chi connectivity index (χ0n) is 18.1. The van der Waals surface area contributed by atoms with Crippen LogP contribution in [-0.2, 0) is 12.8 Å². The number of amides is 1. The minimum atomic E-state index is -0.256. The van der Waals surface area contributed by atoms with Gasteiger partial charge in [-0.3, -0.25) is 9.89 Å². The number of nitrogens with zero attached hydrogens (tertiary/aromatic N) is 2. The number of carbonyl (C=O) groups excluding carboxylic acids is 1. The van der Waals surface area contributed by atoms with E-state index in [1.165, 1.54) is 0 Å². The minimum absolute atomic E-state index is 0.212. The largest absolute Gasteiger partial charge is 0.494 e. The van der Waals surface area contributed by atoms with E-state index in [0.717, 1.165) is 47.5 Å². The molecule has 0 saturated heterocycles. The normalized spacial score (nSPS) is 17.0. The number of benzene rings is 1. The van der Waals surface area contributed by atoms with E-state index in [4.69, 9.17) is 4.74 Å². The van der Waals surface area contributed by atoms with Gasteiger partial charge in [-0.05, 0) is 73.8 Å². The third-order valence-electron chi connectivity index (χ3n) is 5.71. The van der Waals surface area contributed by atoms with Crippen molar-refractivity contribution >= 4 is 11.6 Å². The molecule has 1 atom stereocenters. The molecule has 0 radical (unpaired) electrons. The molecule has 156 valence electrons. The Kier molecular flexibility index (Phi) is 6.40. The highest BCUT2D eigenvalue weighted by Gasteiger charge is 2.32. The van der Waals surface area contributed by atoms with Crippen LogP contribution in [0.1, 0.15) is 74.8 Å². The van der Waals surface area contributed by atoms with Crippen LogP contribution in [0, 0.1) is 11.3 Å². The summed E-state index contributed by atoms with van der Waals surface area (Å²) in [5.74, 6) is 1.11. The quantitative estimate of drug-likeness (QED) is 0.557. The van der Waals surface area contributed by atoms with Crippen molar-refractivity contribution in [1.29, 1.82) is 0 Å². The number of aromatic amines is 1. The Labute approximate surface area is 173 Å². The average molecular weight is 397 g/mol. The Morgan fingerprint density at radius 1 is 1.28 bits per heavy atom. The number of hydrogen-bond acceptors (Lipinski definition) is 4. The van der Waals surface area contributed by atoms with E-state index in [9.17, 15) is 4.79 Å². The maximum Gasteiger partial charge on any atom is 0.292 e. The predicted octanol–water partition coefficient (Wildman–Crippen LogP) is 4.50. The number of aromatic nitrogens is 2. The molecule has 1 amide bonds. The topological polar surface area (TPSA) is 79.4 Å². The molecule has 1 aromatic carbocycles. The van der Waals surface area contributed by atoms with Gasteiger partial charge in [-0.25, -0.2) is 5.43 Å². The number of hydrazone groups is 1. The van der Waals surface area contributed by atoms with Crippen LogP contribution >= 0.6 is 0 Å². The maximum atomic E-state index is 12.8. The Bertz CT molecular complexity index is 875. The van der Waals surface area contributed by atoms with Crippen molar-refractivity contribution in [2.24, 2.45) is 16.4 Å². The zero-order chi connectivity index (χ0) is 21.0. The summed E-state index contributed by atoms with van der Waals surface area (Å²) in [6.45, 7) is 11.4. The maximum absolute atomic E-state index is 12.8. The first-order valence-corrected chi connectivity index (χ1v) is 10.5. The van der Waals surface area contributed by atoms with Crippen LogP contribution < -0.4 is 10.2 Å². The van der Waals surface area contributed by atoms with Crippen LogP contribution in [0.3, 0.4) is 0 Å². The van der Waals surface area contributed by atoms with Crippen LogP contribution in [0.15, 0.2) is 29.4 Å². The van der Waals surface area contributed by atoms with E-state index >= 15 is 0 Å². The lowest BCUT2D eigenvalue weighted by molar-refractivity contribution is 0.0947. The second kappa shape index (κ2) is 8.80. The van der Waals surface area contributed by atoms with E-state index in [1.54, 1.807) is 0 Å². The van der Waals surface area contributed by atoms with Gasteiger partial charge in [0.2, 0.25) is 0 Å². The molecule has 29 heavy (non-hydrogen) atoms. The van der Waals surface area contributed by atoms with Gasteiger partial charge in [0, 0.05) is 11.3 Å². The Balaban J connectivity index is 1.74. The lowest BCUT2D eigenvalue weighted by Gasteiger charge is -2.33. The molecule has 3 rings (SSSR count). The Morgan fingerprint density at radius 3 is 2.62 bits per heavy atom. The van der Waals surface area contributed by atoms with Crippen molar-refractivity contribution in [3.8, 4) is 5.75 Å². The summed E-state index contributed by atoms with van der Waals surface area (Å²) in [5.41, 5.74) is 7.31. The van der Waals surface area contributed by atoms with Crippen molar-refractivity contribution in [2.45, 2.75) is 60.3 Å². The van der Waals surface area contributed by atoms with Crippen LogP contribution in [0.5, 0.6) is 5.75 Å². The lowest BCUT2D eigenvalue weighted by Crippen LogP contribution is -2.28. The second-order valence-electron chi connectivity index (χ2n) is 8.65. The van der Waals surface area contributed by atoms with Crippen LogP contribution in [0.2, 0.25) is 0 Å². The highest BCUT2D eigenvalue weighted by Crippen LogP contribution is 2.37. The van der Waals surface area contributed by atoms with Crippen molar-refractivity contribution in [3.05, 3.63) is 46.8 Å². The number of fused-ring (bicyclic) bond motifs is 1. The lowest BCUT2D eigenvalue weighted by atomic mass is 9.71. The third kappa shape index (κ3) is 4.86. The zero-order valence-corrected chi connectivity index (χ0v) is 18.1. The number of nitrogens with one attached hydrogen (secondary N) is 2. The molecule has 2 aromatic rings. The van der Waals surface area contributed by atoms with Gasteiger partial charge in [-0.15, -0.1) is 0 Å². The van der Waals surface area contributed by atoms with Gasteiger partial charge >= 0.3 is 0 Å². The summed E-state index contributed by atoms with van der Waals surface area (Å²) < 4.78 is 5.49. The molecular formula is C23H32N4O2. The molecule has 0 bridgehead atoms. The molecule has 6 heteroatoms. The summed E-state index contributed by atoms with van der Waals surface area (Å²) in [7, 11) is 0. The number of hydrogen-bond donors (Lipinski definition) is 2. The van der Waals surface area contributed by atoms with Gasteiger partial charge in [0.15, 0.2) is 5.69 Å².